The van der Waals surface area contributed by atoms with Crippen LogP contribution in [0.3, 0.4) is 0 Å². The Kier molecular flexibility index (Phi) is 4.08. The normalized spacial score (nSPS) is 37.1. The van der Waals surface area contributed by atoms with Crippen molar-refractivity contribution in [3.63, 3.8) is 0 Å². The average molecular weight is 285 g/mol. The van der Waals surface area contributed by atoms with E-state index in [-0.39, 0.29) is 44.0 Å². The molecular weight excluding hydrogens is 266 g/mol. The zero-order chi connectivity index (χ0) is 14.9. The molecule has 0 heterocycles. The fourth-order valence-corrected chi connectivity index (χ4v) is 3.46. The fraction of sp³-hybridized carbons (Fsp3) is 0.846. The molecule has 112 valence electrons. The largest absolute Gasteiger partial charge is 0.466 e. The first-order valence-electron chi connectivity index (χ1n) is 6.95. The summed E-state index contributed by atoms with van der Waals surface area (Å²) >= 11 is 0. The zero-order valence-electron chi connectivity index (χ0n) is 11.4. The minimum Gasteiger partial charge on any atom is -0.466 e. The summed E-state index contributed by atoms with van der Waals surface area (Å²) in [7, 11) is 0. The fourth-order valence-electron chi connectivity index (χ4n) is 3.46. The second kappa shape index (κ2) is 5.47. The van der Waals surface area contributed by atoms with Gasteiger partial charge in [0.1, 0.15) is 11.4 Å². The summed E-state index contributed by atoms with van der Waals surface area (Å²) in [6.45, 7) is 1.96. The number of aliphatic hydroxyl groups is 1. The van der Waals surface area contributed by atoms with Crippen LogP contribution in [0, 0.1) is 22.0 Å². The molecule has 0 saturated heterocycles. The van der Waals surface area contributed by atoms with Gasteiger partial charge in [-0.3, -0.25) is 19.7 Å². The van der Waals surface area contributed by atoms with Crippen LogP contribution >= 0.6 is 0 Å². The monoisotopic (exact) mass is 285 g/mol. The van der Waals surface area contributed by atoms with E-state index in [4.69, 9.17) is 4.74 Å². The second-order valence-corrected chi connectivity index (χ2v) is 5.57. The molecule has 0 unspecified atom stereocenters. The molecule has 2 fully saturated rings. The maximum Gasteiger partial charge on any atom is 0.308 e. The van der Waals surface area contributed by atoms with Gasteiger partial charge in [-0.25, -0.2) is 0 Å². The van der Waals surface area contributed by atoms with Crippen molar-refractivity contribution >= 4 is 11.8 Å². The molecule has 2 aliphatic carbocycles. The van der Waals surface area contributed by atoms with Crippen LogP contribution in [0.15, 0.2) is 0 Å². The second-order valence-electron chi connectivity index (χ2n) is 5.57. The highest BCUT2D eigenvalue weighted by atomic mass is 16.6. The number of carbonyl (C=O) groups excluding carboxylic acids is 2. The number of nitrogens with zero attached hydrogens (tertiary/aromatic N) is 1. The van der Waals surface area contributed by atoms with Gasteiger partial charge >= 0.3 is 5.97 Å². The molecule has 0 aliphatic heterocycles. The minimum absolute atomic E-state index is 0.0723. The maximum absolute atomic E-state index is 12.0. The van der Waals surface area contributed by atoms with Crippen LogP contribution in [-0.4, -0.2) is 40.0 Å². The Bertz CT molecular complexity index is 437. The first-order valence-corrected chi connectivity index (χ1v) is 6.95. The Balaban J connectivity index is 2.19. The number of ketones is 1. The number of rotatable bonds is 3. The lowest BCUT2D eigenvalue weighted by Crippen LogP contribution is -2.60. The molecule has 4 atom stereocenters. The quantitative estimate of drug-likeness (QED) is 0.465. The molecule has 7 heteroatoms. The van der Waals surface area contributed by atoms with E-state index in [1.54, 1.807) is 6.92 Å². The van der Waals surface area contributed by atoms with E-state index >= 15 is 0 Å². The third-order valence-corrected chi connectivity index (χ3v) is 4.52. The first-order chi connectivity index (χ1) is 9.40. The molecule has 0 aromatic carbocycles. The van der Waals surface area contributed by atoms with Gasteiger partial charge in [-0.2, -0.15) is 0 Å². The van der Waals surface area contributed by atoms with Crippen molar-refractivity contribution < 1.29 is 24.4 Å². The molecule has 2 saturated carbocycles. The van der Waals surface area contributed by atoms with Gasteiger partial charge in [0.15, 0.2) is 0 Å². The van der Waals surface area contributed by atoms with Gasteiger partial charge in [-0.15, -0.1) is 0 Å². The highest BCUT2D eigenvalue weighted by Crippen LogP contribution is 2.45. The summed E-state index contributed by atoms with van der Waals surface area (Å²) in [6.07, 6.45) is 0.734. The van der Waals surface area contributed by atoms with Crippen LogP contribution in [0.2, 0.25) is 0 Å². The van der Waals surface area contributed by atoms with E-state index < -0.39 is 28.4 Å². The van der Waals surface area contributed by atoms with Crippen LogP contribution in [0.1, 0.15) is 39.0 Å². The predicted octanol–water partition coefficient (Wildman–Crippen LogP) is 0.705. The van der Waals surface area contributed by atoms with E-state index in [1.807, 2.05) is 0 Å². The Hall–Kier alpha value is -1.50. The van der Waals surface area contributed by atoms with Crippen molar-refractivity contribution in [2.24, 2.45) is 11.8 Å². The summed E-state index contributed by atoms with van der Waals surface area (Å²) in [4.78, 5) is 34.3. The molecule has 0 aromatic heterocycles. The molecule has 0 radical (unpaired) electrons. The maximum atomic E-state index is 12.0. The number of fused-ring (bicyclic) bond motifs is 1. The van der Waals surface area contributed by atoms with E-state index in [1.165, 1.54) is 0 Å². The third-order valence-electron chi connectivity index (χ3n) is 4.52. The standard InChI is InChI=1S/C13H19NO6/c1-2-20-12(16)8-5-6-13(17)9(7-8)10(15)3-4-11(13)14(18)19/h8-9,11,17H,2-7H2,1H3/t8-,9+,11-,13+/m1/s1. The molecule has 2 aliphatic rings. The van der Waals surface area contributed by atoms with Crippen molar-refractivity contribution in [3.05, 3.63) is 10.1 Å². The number of Topliss-reactive ketones (excluding diaryl/α,β-unsaturated/α-hetero) is 1. The highest BCUT2D eigenvalue weighted by molar-refractivity contribution is 5.84. The Morgan fingerprint density at radius 3 is 2.85 bits per heavy atom. The Morgan fingerprint density at radius 2 is 2.25 bits per heavy atom. The van der Waals surface area contributed by atoms with Gasteiger partial charge in [-0.1, -0.05) is 0 Å². The summed E-state index contributed by atoms with van der Waals surface area (Å²) < 4.78 is 4.94. The van der Waals surface area contributed by atoms with Crippen molar-refractivity contribution in [3.8, 4) is 0 Å². The lowest BCUT2D eigenvalue weighted by molar-refractivity contribution is -0.552. The molecule has 2 rings (SSSR count). The molecular formula is C13H19NO6. The number of esters is 1. The summed E-state index contributed by atoms with van der Waals surface area (Å²) in [6, 6.07) is -1.12. The summed E-state index contributed by atoms with van der Waals surface area (Å²) in [5, 5.41) is 21.7. The lowest BCUT2D eigenvalue weighted by atomic mass is 9.62. The van der Waals surface area contributed by atoms with Gasteiger partial charge in [0.25, 0.3) is 0 Å². The number of hydrogen-bond donors (Lipinski definition) is 1. The van der Waals surface area contributed by atoms with Gasteiger partial charge in [0, 0.05) is 17.8 Å². The van der Waals surface area contributed by atoms with Crippen molar-refractivity contribution in [1.29, 1.82) is 0 Å². The van der Waals surface area contributed by atoms with Crippen LogP contribution in [0.5, 0.6) is 0 Å². The van der Waals surface area contributed by atoms with Crippen molar-refractivity contribution in [2.75, 3.05) is 6.61 Å². The number of hydrogen-bond acceptors (Lipinski definition) is 6. The van der Waals surface area contributed by atoms with Crippen LogP contribution in [-0.2, 0) is 14.3 Å². The molecule has 20 heavy (non-hydrogen) atoms. The van der Waals surface area contributed by atoms with E-state index in [2.05, 4.69) is 0 Å². The van der Waals surface area contributed by atoms with E-state index in [9.17, 15) is 24.8 Å². The van der Waals surface area contributed by atoms with Crippen LogP contribution in [0.4, 0.5) is 0 Å². The van der Waals surface area contributed by atoms with Crippen molar-refractivity contribution in [1.82, 2.24) is 0 Å². The molecule has 7 nitrogen and oxygen atoms in total. The summed E-state index contributed by atoms with van der Waals surface area (Å²) in [5.41, 5.74) is -1.61. The smallest absolute Gasteiger partial charge is 0.308 e. The van der Waals surface area contributed by atoms with E-state index in [0.717, 1.165) is 0 Å². The number of carbonyl (C=O) groups is 2. The predicted molar refractivity (Wildman–Crippen MR) is 67.4 cm³/mol. The van der Waals surface area contributed by atoms with Gasteiger partial charge in [-0.05, 0) is 26.2 Å². The molecule has 1 N–H and O–H groups in total. The summed E-state index contributed by atoms with van der Waals surface area (Å²) in [5.74, 6) is -1.84. The number of ether oxygens (including phenoxy) is 1. The van der Waals surface area contributed by atoms with Gasteiger partial charge in [0.2, 0.25) is 6.04 Å². The first kappa shape index (κ1) is 14.9. The van der Waals surface area contributed by atoms with E-state index in [0.29, 0.717) is 6.42 Å². The lowest BCUT2D eigenvalue weighted by Gasteiger charge is -2.44. The highest BCUT2D eigenvalue weighted by Gasteiger charge is 2.59. The topological polar surface area (TPSA) is 107 Å². The Morgan fingerprint density at radius 1 is 1.55 bits per heavy atom. The molecule has 0 spiro atoms. The molecule has 0 amide bonds. The average Bonchev–Trinajstić information content (AvgIpc) is 2.38. The zero-order valence-corrected chi connectivity index (χ0v) is 11.4. The number of nitro groups is 1. The van der Waals surface area contributed by atoms with Crippen LogP contribution < -0.4 is 0 Å². The SMILES string of the molecule is CCOC(=O)[C@@H]1CC[C@]2(O)[C@@H](C1)C(=O)CC[C@H]2[N+](=O)[O-]. The van der Waals surface area contributed by atoms with Crippen molar-refractivity contribution in [2.45, 2.75) is 50.7 Å². The molecule has 0 bridgehead atoms. The third kappa shape index (κ3) is 2.42. The Labute approximate surface area is 116 Å². The van der Waals surface area contributed by atoms with Gasteiger partial charge in [0.05, 0.1) is 18.4 Å². The van der Waals surface area contributed by atoms with Gasteiger partial charge < -0.3 is 9.84 Å². The van der Waals surface area contributed by atoms with Crippen LogP contribution in [0.25, 0.3) is 0 Å². The molecule has 0 aromatic rings. The minimum atomic E-state index is -1.61.